The van der Waals surface area contributed by atoms with Crippen LogP contribution in [0.1, 0.15) is 44.6 Å². The molecule has 8 nitrogen and oxygen atoms in total. The number of anilines is 1. The molecule has 1 aliphatic carbocycles. The van der Waals surface area contributed by atoms with E-state index in [1.807, 2.05) is 0 Å². The van der Waals surface area contributed by atoms with Gasteiger partial charge in [-0.05, 0) is 49.9 Å². The van der Waals surface area contributed by atoms with Crippen molar-refractivity contribution in [2.24, 2.45) is 10.9 Å². The number of ether oxygens (including phenoxy) is 1. The van der Waals surface area contributed by atoms with E-state index in [1.165, 1.54) is 25.3 Å². The summed E-state index contributed by atoms with van der Waals surface area (Å²) in [6.07, 6.45) is 7.65. The summed E-state index contributed by atoms with van der Waals surface area (Å²) in [5.74, 6) is 1.14. The average Bonchev–Trinajstić information content (AvgIpc) is 3.04. The number of nitrogens with one attached hydrogen (secondary N) is 2. The van der Waals surface area contributed by atoms with Crippen molar-refractivity contribution in [3.05, 3.63) is 48.2 Å². The second kappa shape index (κ2) is 9.05. The maximum atomic E-state index is 12.7. The van der Waals surface area contributed by atoms with Crippen molar-refractivity contribution in [1.29, 1.82) is 0 Å². The number of benzene rings is 1. The lowest BCUT2D eigenvalue weighted by Crippen LogP contribution is -2.29. The predicted molar refractivity (Wildman–Crippen MR) is 118 cm³/mol. The van der Waals surface area contributed by atoms with Crippen LogP contribution >= 0.6 is 0 Å². The van der Waals surface area contributed by atoms with Gasteiger partial charge in [0.15, 0.2) is 11.6 Å². The van der Waals surface area contributed by atoms with Crippen molar-refractivity contribution in [1.82, 2.24) is 9.71 Å². The highest BCUT2D eigenvalue weighted by Crippen LogP contribution is 2.27. The molecule has 1 fully saturated rings. The van der Waals surface area contributed by atoms with Gasteiger partial charge in [-0.3, -0.25) is 14.5 Å². The number of amidine groups is 1. The summed E-state index contributed by atoms with van der Waals surface area (Å²) >= 11 is 0. The predicted octanol–water partition coefficient (Wildman–Crippen LogP) is 3.11. The molecule has 1 aromatic carbocycles. The molecule has 2 heterocycles. The van der Waals surface area contributed by atoms with Crippen LogP contribution in [0.4, 0.5) is 5.82 Å². The second-order valence-electron chi connectivity index (χ2n) is 7.91. The van der Waals surface area contributed by atoms with E-state index in [1.54, 1.807) is 43.5 Å². The second-order valence-corrected chi connectivity index (χ2v) is 9.56. The number of amides is 1. The first-order valence-electron chi connectivity index (χ1n) is 10.5. The Bertz CT molecular complexity index is 1090. The lowest BCUT2D eigenvalue weighted by Gasteiger charge is -2.22. The number of hydrogen-bond acceptors (Lipinski definition) is 6. The number of rotatable bonds is 6. The monoisotopic (exact) mass is 442 g/mol. The minimum absolute atomic E-state index is 0.157. The molecule has 2 aromatic rings. The van der Waals surface area contributed by atoms with Gasteiger partial charge in [0, 0.05) is 11.8 Å². The Morgan fingerprint density at radius 2 is 2.00 bits per heavy atom. The van der Waals surface area contributed by atoms with E-state index in [0.717, 1.165) is 12.8 Å². The summed E-state index contributed by atoms with van der Waals surface area (Å²) < 4.78 is 32.8. The van der Waals surface area contributed by atoms with Gasteiger partial charge in [0.05, 0.1) is 11.5 Å². The standard InChI is InChI=1S/C22H26N4O4S/c1-15(24-20-17-10-5-6-12-19(17)31(28,29)26-20)22(27)25-21-18(11-7-13-23-21)30-14-16-8-3-2-4-9-16/h5-7,10-13,15-16H,2-4,8-9,14H2,1H3,(H,24,26)(H,23,25,27)/t15-/m0/s1. The number of fused-ring (bicyclic) bond motifs is 1. The van der Waals surface area contributed by atoms with E-state index in [2.05, 4.69) is 20.0 Å². The van der Waals surface area contributed by atoms with Gasteiger partial charge in [0.25, 0.3) is 10.0 Å². The maximum absolute atomic E-state index is 12.7. The molecular formula is C22H26N4O4S. The zero-order chi connectivity index (χ0) is 21.8. The number of nitrogens with zero attached hydrogens (tertiary/aromatic N) is 2. The summed E-state index contributed by atoms with van der Waals surface area (Å²) in [5, 5.41) is 2.76. The third-order valence-electron chi connectivity index (χ3n) is 5.58. The molecule has 31 heavy (non-hydrogen) atoms. The van der Waals surface area contributed by atoms with Crippen LogP contribution in [0.2, 0.25) is 0 Å². The van der Waals surface area contributed by atoms with Crippen LogP contribution in [-0.4, -0.2) is 37.8 Å². The minimum Gasteiger partial charge on any atom is -0.489 e. The number of carbonyl (C=O) groups is 1. The number of aromatic nitrogens is 1. The first-order valence-corrected chi connectivity index (χ1v) is 12.0. The Balaban J connectivity index is 1.45. The van der Waals surface area contributed by atoms with Crippen LogP contribution < -0.4 is 14.8 Å². The van der Waals surface area contributed by atoms with Gasteiger partial charge in [-0.15, -0.1) is 0 Å². The molecule has 1 aliphatic heterocycles. The van der Waals surface area contributed by atoms with Gasteiger partial charge in [-0.2, -0.15) is 0 Å². The molecule has 1 amide bonds. The molecule has 1 saturated carbocycles. The van der Waals surface area contributed by atoms with Gasteiger partial charge >= 0.3 is 0 Å². The Morgan fingerprint density at radius 3 is 2.81 bits per heavy atom. The molecule has 0 bridgehead atoms. The molecule has 4 rings (SSSR count). The Hall–Kier alpha value is -2.94. The van der Waals surface area contributed by atoms with Gasteiger partial charge in [-0.25, -0.2) is 13.4 Å². The van der Waals surface area contributed by atoms with E-state index < -0.39 is 22.0 Å². The summed E-state index contributed by atoms with van der Waals surface area (Å²) in [4.78, 5) is 21.4. The van der Waals surface area contributed by atoms with Crippen molar-refractivity contribution in [3.63, 3.8) is 0 Å². The molecule has 164 valence electrons. The smallest absolute Gasteiger partial charge is 0.263 e. The van der Waals surface area contributed by atoms with Crippen molar-refractivity contribution < 1.29 is 17.9 Å². The third kappa shape index (κ3) is 4.87. The fraction of sp³-hybridized carbons (Fsp3) is 0.409. The zero-order valence-electron chi connectivity index (χ0n) is 17.4. The average molecular weight is 443 g/mol. The molecule has 1 atom stereocenters. The fourth-order valence-electron chi connectivity index (χ4n) is 3.87. The highest BCUT2D eigenvalue weighted by atomic mass is 32.2. The molecule has 0 saturated heterocycles. The molecule has 1 aromatic heterocycles. The van der Waals surface area contributed by atoms with E-state index in [-0.39, 0.29) is 10.7 Å². The lowest BCUT2D eigenvalue weighted by molar-refractivity contribution is -0.117. The number of sulfonamides is 1. The summed E-state index contributed by atoms with van der Waals surface area (Å²) in [7, 11) is -3.65. The van der Waals surface area contributed by atoms with Crippen molar-refractivity contribution in [2.75, 3.05) is 11.9 Å². The van der Waals surface area contributed by atoms with E-state index in [4.69, 9.17) is 4.74 Å². The number of hydrogen-bond donors (Lipinski definition) is 2. The largest absolute Gasteiger partial charge is 0.489 e. The van der Waals surface area contributed by atoms with E-state index in [9.17, 15) is 13.2 Å². The van der Waals surface area contributed by atoms with Gasteiger partial charge in [0.2, 0.25) is 5.91 Å². The topological polar surface area (TPSA) is 110 Å². The number of carbonyl (C=O) groups excluding carboxylic acids is 1. The number of aliphatic imine (C=N–C) groups is 1. The summed E-state index contributed by atoms with van der Waals surface area (Å²) in [6, 6.07) is 9.25. The SMILES string of the molecule is C[C@H](N=C1NS(=O)(=O)c2ccccc21)C(=O)Nc1ncccc1OCC1CCCCC1. The quantitative estimate of drug-likeness (QED) is 0.714. The van der Waals surface area contributed by atoms with Gasteiger partial charge < -0.3 is 10.1 Å². The van der Waals surface area contributed by atoms with E-state index in [0.29, 0.717) is 29.7 Å². The third-order valence-corrected chi connectivity index (χ3v) is 6.97. The lowest BCUT2D eigenvalue weighted by atomic mass is 9.90. The zero-order valence-corrected chi connectivity index (χ0v) is 18.2. The van der Waals surface area contributed by atoms with Crippen molar-refractivity contribution in [2.45, 2.75) is 50.0 Å². The van der Waals surface area contributed by atoms with Crippen LogP contribution in [-0.2, 0) is 14.8 Å². The van der Waals surface area contributed by atoms with Crippen LogP contribution in [0, 0.1) is 5.92 Å². The van der Waals surface area contributed by atoms with Crippen LogP contribution in [0.15, 0.2) is 52.5 Å². The highest BCUT2D eigenvalue weighted by molar-refractivity contribution is 7.90. The molecule has 9 heteroatoms. The molecule has 0 spiro atoms. The molecule has 0 unspecified atom stereocenters. The molecular weight excluding hydrogens is 416 g/mol. The first-order chi connectivity index (χ1) is 14.9. The minimum atomic E-state index is -3.65. The van der Waals surface area contributed by atoms with Gasteiger partial charge in [0.1, 0.15) is 11.9 Å². The van der Waals surface area contributed by atoms with Crippen molar-refractivity contribution in [3.8, 4) is 5.75 Å². The van der Waals surface area contributed by atoms with E-state index >= 15 is 0 Å². The summed E-state index contributed by atoms with van der Waals surface area (Å²) in [5.41, 5.74) is 0.455. The fourth-order valence-corrected chi connectivity index (χ4v) is 5.10. The maximum Gasteiger partial charge on any atom is 0.263 e. The normalized spacial score (nSPS) is 20.0. The molecule has 2 aliphatic rings. The number of pyridine rings is 1. The van der Waals surface area contributed by atoms with Crippen LogP contribution in [0.25, 0.3) is 0 Å². The van der Waals surface area contributed by atoms with Gasteiger partial charge in [-0.1, -0.05) is 31.4 Å². The van der Waals surface area contributed by atoms with Crippen LogP contribution in [0.5, 0.6) is 5.75 Å². The van der Waals surface area contributed by atoms with Crippen LogP contribution in [0.3, 0.4) is 0 Å². The molecule has 0 radical (unpaired) electrons. The highest BCUT2D eigenvalue weighted by Gasteiger charge is 2.31. The van der Waals surface area contributed by atoms with Crippen molar-refractivity contribution >= 4 is 27.6 Å². The Labute approximate surface area is 182 Å². The Morgan fingerprint density at radius 1 is 1.23 bits per heavy atom. The first kappa shape index (κ1) is 21.3. The molecule has 2 N–H and O–H groups in total. The summed E-state index contributed by atoms with van der Waals surface area (Å²) in [6.45, 7) is 2.20. The Kier molecular flexibility index (Phi) is 6.22.